The zero-order valence-electron chi connectivity index (χ0n) is 13.1. The van der Waals surface area contributed by atoms with Crippen molar-refractivity contribution >= 4 is 11.6 Å². The highest BCUT2D eigenvalue weighted by atomic mass is 35.5. The summed E-state index contributed by atoms with van der Waals surface area (Å²) in [6.45, 7) is 4.13. The standard InChI is InChI=1S/C18H25ClN2O/c19-15-3-6-18(22-12-13-1-2-13)14(9-15)10-21-8-7-16-4-5-17(11-21)20-16/h3,6,9,13,16-17,20H,1-2,4-5,7-8,10-12H2. The number of fused-ring (bicyclic) bond motifs is 2. The average Bonchev–Trinajstić information content (AvgIpc) is 3.24. The number of likely N-dealkylation sites (tertiary alicyclic amines) is 1. The van der Waals surface area contributed by atoms with E-state index >= 15 is 0 Å². The predicted molar refractivity (Wildman–Crippen MR) is 89.5 cm³/mol. The molecule has 0 aromatic heterocycles. The van der Waals surface area contributed by atoms with Gasteiger partial charge in [0.25, 0.3) is 0 Å². The monoisotopic (exact) mass is 320 g/mol. The van der Waals surface area contributed by atoms with Crippen LogP contribution in [0.5, 0.6) is 5.75 Å². The summed E-state index contributed by atoms with van der Waals surface area (Å²) in [7, 11) is 0. The van der Waals surface area contributed by atoms with Gasteiger partial charge >= 0.3 is 0 Å². The maximum Gasteiger partial charge on any atom is 0.123 e. The summed E-state index contributed by atoms with van der Waals surface area (Å²) in [5, 5.41) is 4.55. The van der Waals surface area contributed by atoms with Crippen molar-refractivity contribution in [2.24, 2.45) is 5.92 Å². The fourth-order valence-electron chi connectivity index (χ4n) is 3.70. The Bertz CT molecular complexity index is 532. The normalized spacial score (nSPS) is 28.6. The van der Waals surface area contributed by atoms with Crippen molar-refractivity contribution < 1.29 is 4.74 Å². The van der Waals surface area contributed by atoms with Crippen LogP contribution in [0.15, 0.2) is 18.2 Å². The maximum atomic E-state index is 6.22. The second kappa shape index (κ2) is 6.38. The van der Waals surface area contributed by atoms with Crippen LogP contribution in [0.1, 0.15) is 37.7 Å². The Hall–Kier alpha value is -0.770. The minimum Gasteiger partial charge on any atom is -0.493 e. The molecule has 0 radical (unpaired) electrons. The third kappa shape index (κ3) is 3.58. The first kappa shape index (κ1) is 14.8. The van der Waals surface area contributed by atoms with E-state index in [0.717, 1.165) is 42.4 Å². The summed E-state index contributed by atoms with van der Waals surface area (Å²) < 4.78 is 6.05. The summed E-state index contributed by atoms with van der Waals surface area (Å²) in [5.41, 5.74) is 1.24. The Balaban J connectivity index is 1.44. The molecule has 2 atom stereocenters. The van der Waals surface area contributed by atoms with Crippen LogP contribution in [0.4, 0.5) is 0 Å². The second-order valence-corrected chi connectivity index (χ2v) is 7.60. The Morgan fingerprint density at radius 3 is 2.86 bits per heavy atom. The van der Waals surface area contributed by atoms with Crippen LogP contribution in [-0.2, 0) is 6.54 Å². The molecule has 2 heterocycles. The van der Waals surface area contributed by atoms with Crippen LogP contribution < -0.4 is 10.1 Å². The molecule has 2 bridgehead atoms. The summed E-state index contributed by atoms with van der Waals surface area (Å²) in [6.07, 6.45) is 6.58. The third-order valence-corrected chi connectivity index (χ3v) is 5.43. The zero-order valence-corrected chi connectivity index (χ0v) is 13.8. The van der Waals surface area contributed by atoms with E-state index < -0.39 is 0 Å². The molecule has 1 saturated carbocycles. The Morgan fingerprint density at radius 1 is 1.14 bits per heavy atom. The number of nitrogens with one attached hydrogen (secondary N) is 1. The molecule has 1 N–H and O–H groups in total. The molecule has 1 aliphatic carbocycles. The van der Waals surface area contributed by atoms with Gasteiger partial charge in [-0.15, -0.1) is 0 Å². The average molecular weight is 321 g/mol. The van der Waals surface area contributed by atoms with Crippen molar-refractivity contribution in [1.29, 1.82) is 0 Å². The van der Waals surface area contributed by atoms with Crippen LogP contribution in [0.3, 0.4) is 0 Å². The van der Waals surface area contributed by atoms with Crippen molar-refractivity contribution in [3.63, 3.8) is 0 Å². The molecule has 4 rings (SSSR count). The molecule has 1 aromatic carbocycles. The van der Waals surface area contributed by atoms with E-state index in [0.29, 0.717) is 6.04 Å². The highest BCUT2D eigenvalue weighted by Gasteiger charge is 2.29. The van der Waals surface area contributed by atoms with E-state index in [-0.39, 0.29) is 0 Å². The number of hydrogen-bond donors (Lipinski definition) is 1. The van der Waals surface area contributed by atoms with Crippen LogP contribution in [0, 0.1) is 5.92 Å². The Morgan fingerprint density at radius 2 is 2.00 bits per heavy atom. The van der Waals surface area contributed by atoms with E-state index in [2.05, 4.69) is 16.3 Å². The molecule has 3 fully saturated rings. The second-order valence-electron chi connectivity index (χ2n) is 7.17. The van der Waals surface area contributed by atoms with Gasteiger partial charge in [-0.2, -0.15) is 0 Å². The van der Waals surface area contributed by atoms with Crippen molar-refractivity contribution in [2.45, 2.75) is 50.7 Å². The molecule has 2 unspecified atom stereocenters. The minimum absolute atomic E-state index is 0.669. The first-order chi connectivity index (χ1) is 10.8. The molecule has 120 valence electrons. The van der Waals surface area contributed by atoms with Crippen LogP contribution in [0.25, 0.3) is 0 Å². The highest BCUT2D eigenvalue weighted by molar-refractivity contribution is 6.30. The lowest BCUT2D eigenvalue weighted by Gasteiger charge is -2.25. The number of nitrogens with zero attached hydrogens (tertiary/aromatic N) is 1. The molecule has 3 aliphatic rings. The summed E-state index contributed by atoms with van der Waals surface area (Å²) >= 11 is 6.22. The summed E-state index contributed by atoms with van der Waals surface area (Å²) in [5.74, 6) is 1.81. The van der Waals surface area contributed by atoms with Crippen molar-refractivity contribution in [2.75, 3.05) is 19.7 Å². The van der Waals surface area contributed by atoms with Gasteiger partial charge in [-0.1, -0.05) is 11.6 Å². The van der Waals surface area contributed by atoms with E-state index in [9.17, 15) is 0 Å². The van der Waals surface area contributed by atoms with Crippen molar-refractivity contribution in [3.05, 3.63) is 28.8 Å². The van der Waals surface area contributed by atoms with Gasteiger partial charge in [0.1, 0.15) is 5.75 Å². The maximum absolute atomic E-state index is 6.22. The number of ether oxygens (including phenoxy) is 1. The van der Waals surface area contributed by atoms with Gasteiger partial charge in [0, 0.05) is 42.3 Å². The van der Waals surface area contributed by atoms with E-state index in [1.54, 1.807) is 0 Å². The molecule has 1 aromatic rings. The quantitative estimate of drug-likeness (QED) is 0.899. The number of halogens is 1. The third-order valence-electron chi connectivity index (χ3n) is 5.20. The van der Waals surface area contributed by atoms with Gasteiger partial charge in [0.05, 0.1) is 6.61 Å². The van der Waals surface area contributed by atoms with Gasteiger partial charge in [0.15, 0.2) is 0 Å². The van der Waals surface area contributed by atoms with Gasteiger partial charge in [-0.3, -0.25) is 4.90 Å². The molecule has 2 aliphatic heterocycles. The Kier molecular flexibility index (Phi) is 4.29. The fraction of sp³-hybridized carbons (Fsp3) is 0.667. The first-order valence-corrected chi connectivity index (χ1v) is 9.04. The van der Waals surface area contributed by atoms with Crippen LogP contribution >= 0.6 is 11.6 Å². The van der Waals surface area contributed by atoms with Gasteiger partial charge < -0.3 is 10.1 Å². The lowest BCUT2D eigenvalue weighted by Crippen LogP contribution is -2.35. The number of benzene rings is 1. The predicted octanol–water partition coefficient (Wildman–Crippen LogP) is 3.46. The fourth-order valence-corrected chi connectivity index (χ4v) is 3.90. The van der Waals surface area contributed by atoms with Crippen LogP contribution in [-0.4, -0.2) is 36.7 Å². The smallest absolute Gasteiger partial charge is 0.123 e. The molecule has 22 heavy (non-hydrogen) atoms. The molecule has 0 amide bonds. The molecule has 0 spiro atoms. The van der Waals surface area contributed by atoms with Gasteiger partial charge in [0.2, 0.25) is 0 Å². The lowest BCUT2D eigenvalue weighted by molar-refractivity contribution is 0.241. The lowest BCUT2D eigenvalue weighted by atomic mass is 10.1. The SMILES string of the molecule is Clc1ccc(OCC2CC2)c(CN2CCC3CCC(C2)N3)c1. The van der Waals surface area contributed by atoms with Gasteiger partial charge in [-0.05, 0) is 56.2 Å². The largest absolute Gasteiger partial charge is 0.493 e. The zero-order chi connectivity index (χ0) is 14.9. The van der Waals surface area contributed by atoms with E-state index in [1.165, 1.54) is 44.2 Å². The van der Waals surface area contributed by atoms with Gasteiger partial charge in [-0.25, -0.2) is 0 Å². The topological polar surface area (TPSA) is 24.5 Å². The molecule has 2 saturated heterocycles. The Labute approximate surface area is 138 Å². The summed E-state index contributed by atoms with van der Waals surface area (Å²) in [4.78, 5) is 2.56. The number of rotatable bonds is 5. The molecule has 3 nitrogen and oxygen atoms in total. The molecule has 4 heteroatoms. The van der Waals surface area contributed by atoms with Crippen molar-refractivity contribution in [3.8, 4) is 5.75 Å². The van der Waals surface area contributed by atoms with E-state index in [1.807, 2.05) is 12.1 Å². The first-order valence-electron chi connectivity index (χ1n) is 8.66. The minimum atomic E-state index is 0.669. The molecular weight excluding hydrogens is 296 g/mol. The highest BCUT2D eigenvalue weighted by Crippen LogP contribution is 2.32. The van der Waals surface area contributed by atoms with Crippen LogP contribution in [0.2, 0.25) is 5.02 Å². The van der Waals surface area contributed by atoms with E-state index in [4.69, 9.17) is 16.3 Å². The summed E-state index contributed by atoms with van der Waals surface area (Å²) in [6, 6.07) is 7.48. The number of hydrogen-bond acceptors (Lipinski definition) is 3. The molecular formula is C18H25ClN2O. The van der Waals surface area contributed by atoms with Crippen molar-refractivity contribution in [1.82, 2.24) is 10.2 Å².